The molecule has 38 heavy (non-hydrogen) atoms. The number of para-hydroxylation sites is 1. The maximum absolute atomic E-state index is 13.1. The lowest BCUT2D eigenvalue weighted by Gasteiger charge is -2.31. The molecule has 2 aliphatic heterocycles. The Morgan fingerprint density at radius 3 is 2.61 bits per heavy atom. The molecule has 1 fully saturated rings. The predicted molar refractivity (Wildman–Crippen MR) is 143 cm³/mol. The number of fused-ring (bicyclic) bond motifs is 4. The molecular weight excluding hydrogens is 488 g/mol. The second-order valence-corrected chi connectivity index (χ2v) is 9.59. The van der Waals surface area contributed by atoms with Crippen LogP contribution in [0.1, 0.15) is 18.9 Å². The normalized spacial score (nSPS) is 16.4. The van der Waals surface area contributed by atoms with Crippen LogP contribution in [0.15, 0.2) is 60.9 Å². The summed E-state index contributed by atoms with van der Waals surface area (Å²) >= 11 is 0. The van der Waals surface area contributed by atoms with Crippen molar-refractivity contribution in [2.45, 2.75) is 19.9 Å². The SMILES string of the molecule is CCOc1cccc2cc(-c3cc(=O)oc4c5c(ccc34)OCN(CCCN3CCOCC3)C5)c(=O)oc12. The smallest absolute Gasteiger partial charge is 0.344 e. The van der Waals surface area contributed by atoms with Crippen LogP contribution in [-0.2, 0) is 11.3 Å². The van der Waals surface area contributed by atoms with Crippen molar-refractivity contribution in [3.05, 3.63) is 68.9 Å². The molecule has 1 saturated heterocycles. The molecule has 0 saturated carbocycles. The van der Waals surface area contributed by atoms with Crippen LogP contribution in [0.2, 0.25) is 0 Å². The maximum atomic E-state index is 13.1. The highest BCUT2D eigenvalue weighted by atomic mass is 16.5. The summed E-state index contributed by atoms with van der Waals surface area (Å²) < 4.78 is 28.5. The molecule has 0 radical (unpaired) electrons. The quantitative estimate of drug-likeness (QED) is 0.338. The molecule has 0 bridgehead atoms. The van der Waals surface area contributed by atoms with Crippen LogP contribution in [-0.4, -0.2) is 62.5 Å². The van der Waals surface area contributed by atoms with E-state index in [9.17, 15) is 9.59 Å². The summed E-state index contributed by atoms with van der Waals surface area (Å²) in [4.78, 5) is 30.5. The Balaban J connectivity index is 1.34. The summed E-state index contributed by atoms with van der Waals surface area (Å²) in [5.74, 6) is 1.19. The zero-order valence-electron chi connectivity index (χ0n) is 21.4. The second-order valence-electron chi connectivity index (χ2n) is 9.59. The minimum absolute atomic E-state index is 0.295. The van der Waals surface area contributed by atoms with E-state index in [0.717, 1.165) is 51.4 Å². The van der Waals surface area contributed by atoms with E-state index < -0.39 is 11.3 Å². The minimum atomic E-state index is -0.546. The monoisotopic (exact) mass is 518 g/mol. The molecule has 2 aromatic heterocycles. The molecule has 6 rings (SSSR count). The highest BCUT2D eigenvalue weighted by molar-refractivity contribution is 5.97. The van der Waals surface area contributed by atoms with Gasteiger partial charge in [-0.1, -0.05) is 12.1 Å². The van der Waals surface area contributed by atoms with Crippen LogP contribution in [0.3, 0.4) is 0 Å². The van der Waals surface area contributed by atoms with Crippen molar-refractivity contribution in [3.8, 4) is 22.6 Å². The molecule has 0 spiro atoms. The summed E-state index contributed by atoms with van der Waals surface area (Å²) in [6, 6.07) is 12.3. The van der Waals surface area contributed by atoms with E-state index in [1.165, 1.54) is 6.07 Å². The van der Waals surface area contributed by atoms with Crippen LogP contribution in [0.5, 0.6) is 11.5 Å². The molecule has 2 aliphatic rings. The third-order valence-electron chi connectivity index (χ3n) is 7.12. The van der Waals surface area contributed by atoms with Gasteiger partial charge in [0.15, 0.2) is 11.3 Å². The Hall–Kier alpha value is -3.66. The van der Waals surface area contributed by atoms with Gasteiger partial charge in [0.25, 0.3) is 0 Å². The van der Waals surface area contributed by atoms with Crippen LogP contribution in [0, 0.1) is 0 Å². The third-order valence-corrected chi connectivity index (χ3v) is 7.12. The van der Waals surface area contributed by atoms with Crippen LogP contribution in [0.4, 0.5) is 0 Å². The van der Waals surface area contributed by atoms with Gasteiger partial charge < -0.3 is 23.0 Å². The molecular formula is C29H30N2O7. The maximum Gasteiger partial charge on any atom is 0.344 e. The lowest BCUT2D eigenvalue weighted by atomic mass is 9.99. The molecule has 2 aromatic carbocycles. The van der Waals surface area contributed by atoms with Crippen molar-refractivity contribution in [3.63, 3.8) is 0 Å². The first-order valence-electron chi connectivity index (χ1n) is 13.1. The van der Waals surface area contributed by atoms with Gasteiger partial charge in [-0.3, -0.25) is 9.80 Å². The highest BCUT2D eigenvalue weighted by Crippen LogP contribution is 2.36. The predicted octanol–water partition coefficient (Wildman–Crippen LogP) is 3.84. The van der Waals surface area contributed by atoms with Gasteiger partial charge in [0.2, 0.25) is 0 Å². The van der Waals surface area contributed by atoms with Gasteiger partial charge in [-0.15, -0.1) is 0 Å². The molecule has 9 heteroatoms. The Morgan fingerprint density at radius 1 is 0.921 bits per heavy atom. The zero-order chi connectivity index (χ0) is 26.1. The first-order chi connectivity index (χ1) is 18.6. The Bertz CT molecular complexity index is 1590. The Morgan fingerprint density at radius 2 is 1.76 bits per heavy atom. The largest absolute Gasteiger partial charge is 0.490 e. The summed E-state index contributed by atoms with van der Waals surface area (Å²) in [7, 11) is 0. The average molecular weight is 519 g/mol. The van der Waals surface area contributed by atoms with E-state index in [4.69, 9.17) is 23.0 Å². The van der Waals surface area contributed by atoms with Gasteiger partial charge in [-0.2, -0.15) is 0 Å². The van der Waals surface area contributed by atoms with E-state index in [2.05, 4.69) is 9.80 Å². The first-order valence-corrected chi connectivity index (χ1v) is 13.1. The van der Waals surface area contributed by atoms with E-state index in [0.29, 0.717) is 64.4 Å². The molecule has 198 valence electrons. The number of rotatable bonds is 7. The number of hydrogen-bond acceptors (Lipinski definition) is 9. The van der Waals surface area contributed by atoms with Crippen LogP contribution >= 0.6 is 0 Å². The fourth-order valence-electron chi connectivity index (χ4n) is 5.26. The Kier molecular flexibility index (Phi) is 6.88. The van der Waals surface area contributed by atoms with E-state index in [1.54, 1.807) is 12.1 Å². The summed E-state index contributed by atoms with van der Waals surface area (Å²) in [6.07, 6.45) is 1.00. The number of nitrogens with zero attached hydrogens (tertiary/aromatic N) is 2. The summed E-state index contributed by atoms with van der Waals surface area (Å²) in [6.45, 7) is 8.75. The molecule has 0 amide bonds. The molecule has 0 N–H and O–H groups in total. The van der Waals surface area contributed by atoms with Crippen molar-refractivity contribution < 1.29 is 23.0 Å². The molecule has 4 aromatic rings. The number of benzene rings is 2. The molecule has 0 atom stereocenters. The van der Waals surface area contributed by atoms with Crippen molar-refractivity contribution >= 4 is 21.9 Å². The minimum Gasteiger partial charge on any atom is -0.490 e. The van der Waals surface area contributed by atoms with Gasteiger partial charge in [-0.25, -0.2) is 9.59 Å². The average Bonchev–Trinajstić information content (AvgIpc) is 2.93. The lowest BCUT2D eigenvalue weighted by Crippen LogP contribution is -2.39. The highest BCUT2D eigenvalue weighted by Gasteiger charge is 2.24. The van der Waals surface area contributed by atoms with E-state index in [1.807, 2.05) is 31.2 Å². The molecule has 0 unspecified atom stereocenters. The second kappa shape index (κ2) is 10.6. The van der Waals surface area contributed by atoms with Crippen LogP contribution in [0.25, 0.3) is 33.1 Å². The van der Waals surface area contributed by atoms with E-state index >= 15 is 0 Å². The number of hydrogen-bond donors (Lipinski definition) is 0. The molecule has 9 nitrogen and oxygen atoms in total. The summed E-state index contributed by atoms with van der Waals surface area (Å²) in [5, 5.41) is 1.37. The summed E-state index contributed by atoms with van der Waals surface area (Å²) in [5.41, 5.74) is 1.31. The first kappa shape index (κ1) is 24.7. The zero-order valence-corrected chi connectivity index (χ0v) is 21.4. The fourth-order valence-corrected chi connectivity index (χ4v) is 5.26. The van der Waals surface area contributed by atoms with Crippen molar-refractivity contribution in [2.24, 2.45) is 0 Å². The van der Waals surface area contributed by atoms with Crippen LogP contribution < -0.4 is 20.7 Å². The standard InChI is InChI=1S/C29H30N2O7/c1-2-35-25-6-3-5-19-15-22(29(33)38-27(19)25)21-16-26(32)37-28-20(21)7-8-24-23(28)17-31(18-36-24)10-4-9-30-11-13-34-14-12-30/h3,5-8,15-16H,2,4,9-14,17-18H2,1H3. The third kappa shape index (κ3) is 4.80. The molecule has 0 aliphatic carbocycles. The van der Waals surface area contributed by atoms with Gasteiger partial charge in [0, 0.05) is 48.6 Å². The van der Waals surface area contributed by atoms with E-state index in [-0.39, 0.29) is 0 Å². The van der Waals surface area contributed by atoms with Crippen molar-refractivity contribution in [1.82, 2.24) is 9.80 Å². The lowest BCUT2D eigenvalue weighted by molar-refractivity contribution is 0.0330. The number of ether oxygens (including phenoxy) is 3. The van der Waals surface area contributed by atoms with Crippen molar-refractivity contribution in [2.75, 3.05) is 52.7 Å². The Labute approximate surface area is 219 Å². The van der Waals surface area contributed by atoms with Gasteiger partial charge >= 0.3 is 11.3 Å². The number of morpholine rings is 1. The van der Waals surface area contributed by atoms with Gasteiger partial charge in [0.05, 0.1) is 30.9 Å². The van der Waals surface area contributed by atoms with Gasteiger partial charge in [0.1, 0.15) is 18.1 Å². The van der Waals surface area contributed by atoms with Gasteiger partial charge in [-0.05, 0) is 44.2 Å². The molecule has 4 heterocycles. The fraction of sp³-hybridized carbons (Fsp3) is 0.379. The van der Waals surface area contributed by atoms with Crippen molar-refractivity contribution in [1.29, 1.82) is 0 Å². The topological polar surface area (TPSA) is 94.6 Å².